The fourth-order valence-electron chi connectivity index (χ4n) is 2.98. The number of benzene rings is 2. The van der Waals surface area contributed by atoms with E-state index in [0.29, 0.717) is 22.9 Å². The lowest BCUT2D eigenvalue weighted by atomic mass is 10.2. The van der Waals surface area contributed by atoms with Crippen molar-refractivity contribution in [2.75, 3.05) is 26.1 Å². The van der Waals surface area contributed by atoms with Gasteiger partial charge in [0, 0.05) is 11.6 Å². The Labute approximate surface area is 180 Å². The summed E-state index contributed by atoms with van der Waals surface area (Å²) in [6.45, 7) is -0.00467. The van der Waals surface area contributed by atoms with Crippen molar-refractivity contribution in [3.8, 4) is 11.5 Å². The SMILES string of the molecule is COc1ccccc1/C=C/C(=O)N(CC(=O)Nc1ccccc1OC)Cc1ccco1. The highest BCUT2D eigenvalue weighted by Gasteiger charge is 2.18. The highest BCUT2D eigenvalue weighted by Crippen LogP contribution is 2.23. The van der Waals surface area contributed by atoms with Crippen molar-refractivity contribution in [2.24, 2.45) is 0 Å². The van der Waals surface area contributed by atoms with Gasteiger partial charge in [-0.15, -0.1) is 0 Å². The van der Waals surface area contributed by atoms with Crippen molar-refractivity contribution < 1.29 is 23.5 Å². The molecule has 0 fully saturated rings. The maximum absolute atomic E-state index is 12.9. The zero-order valence-electron chi connectivity index (χ0n) is 17.4. The number of para-hydroxylation sites is 3. The highest BCUT2D eigenvalue weighted by atomic mass is 16.5. The summed E-state index contributed by atoms with van der Waals surface area (Å²) in [5, 5.41) is 2.79. The van der Waals surface area contributed by atoms with E-state index in [0.717, 1.165) is 5.56 Å². The summed E-state index contributed by atoms with van der Waals surface area (Å²) in [6, 6.07) is 17.9. The molecular formula is C24H24N2O5. The average Bonchev–Trinajstić information content (AvgIpc) is 3.30. The summed E-state index contributed by atoms with van der Waals surface area (Å²) in [5.74, 6) is 1.07. The summed E-state index contributed by atoms with van der Waals surface area (Å²) in [4.78, 5) is 27.0. The molecule has 31 heavy (non-hydrogen) atoms. The number of ether oxygens (including phenoxy) is 2. The molecule has 1 N–H and O–H groups in total. The molecule has 7 heteroatoms. The normalized spacial score (nSPS) is 10.6. The molecule has 0 saturated heterocycles. The molecule has 0 unspecified atom stereocenters. The second-order valence-electron chi connectivity index (χ2n) is 6.60. The van der Waals surface area contributed by atoms with Crippen LogP contribution in [0.15, 0.2) is 77.4 Å². The van der Waals surface area contributed by atoms with Gasteiger partial charge in [-0.3, -0.25) is 9.59 Å². The standard InChI is InChI=1S/C24H24N2O5/c1-29-21-11-5-3-8-18(21)13-14-24(28)26(16-19-9-7-15-31-19)17-23(27)25-20-10-4-6-12-22(20)30-2/h3-15H,16-17H2,1-2H3,(H,25,27)/b14-13+. The molecule has 160 valence electrons. The molecule has 1 heterocycles. The van der Waals surface area contributed by atoms with Crippen molar-refractivity contribution in [3.63, 3.8) is 0 Å². The van der Waals surface area contributed by atoms with Gasteiger partial charge < -0.3 is 24.1 Å². The smallest absolute Gasteiger partial charge is 0.247 e. The lowest BCUT2D eigenvalue weighted by molar-refractivity contribution is -0.131. The van der Waals surface area contributed by atoms with Gasteiger partial charge in [0.25, 0.3) is 0 Å². The lowest BCUT2D eigenvalue weighted by Gasteiger charge is -2.20. The molecule has 0 saturated carbocycles. The van der Waals surface area contributed by atoms with Gasteiger partial charge in [-0.1, -0.05) is 30.3 Å². The number of hydrogen-bond donors (Lipinski definition) is 1. The number of carbonyl (C=O) groups is 2. The minimum Gasteiger partial charge on any atom is -0.496 e. The van der Waals surface area contributed by atoms with Crippen LogP contribution in [0.4, 0.5) is 5.69 Å². The minimum absolute atomic E-state index is 0.154. The molecule has 0 aliphatic carbocycles. The van der Waals surface area contributed by atoms with Gasteiger partial charge in [-0.2, -0.15) is 0 Å². The van der Waals surface area contributed by atoms with Crippen molar-refractivity contribution in [3.05, 3.63) is 84.3 Å². The number of amides is 2. The van der Waals surface area contributed by atoms with Crippen LogP contribution in [0.2, 0.25) is 0 Å². The summed E-state index contributed by atoms with van der Waals surface area (Å²) in [7, 11) is 3.10. The first-order valence-electron chi connectivity index (χ1n) is 9.66. The van der Waals surface area contributed by atoms with Crippen LogP contribution in [0.1, 0.15) is 11.3 Å². The van der Waals surface area contributed by atoms with Gasteiger partial charge in [0.15, 0.2) is 0 Å². The van der Waals surface area contributed by atoms with E-state index in [4.69, 9.17) is 13.9 Å². The van der Waals surface area contributed by atoms with Crippen molar-refractivity contribution in [2.45, 2.75) is 6.54 Å². The Morgan fingerprint density at radius 3 is 2.39 bits per heavy atom. The van der Waals surface area contributed by atoms with Crippen LogP contribution in [-0.4, -0.2) is 37.5 Å². The predicted molar refractivity (Wildman–Crippen MR) is 118 cm³/mol. The Morgan fingerprint density at radius 1 is 0.968 bits per heavy atom. The molecule has 7 nitrogen and oxygen atoms in total. The van der Waals surface area contributed by atoms with Crippen molar-refractivity contribution in [1.29, 1.82) is 0 Å². The number of hydrogen-bond acceptors (Lipinski definition) is 5. The number of methoxy groups -OCH3 is 2. The largest absolute Gasteiger partial charge is 0.496 e. The first-order valence-corrected chi connectivity index (χ1v) is 9.66. The second-order valence-corrected chi connectivity index (χ2v) is 6.60. The van der Waals surface area contributed by atoms with E-state index in [1.165, 1.54) is 24.3 Å². The van der Waals surface area contributed by atoms with Crippen LogP contribution in [0.25, 0.3) is 6.08 Å². The molecule has 3 rings (SSSR count). The van der Waals surface area contributed by atoms with E-state index in [9.17, 15) is 9.59 Å². The third-order valence-corrected chi connectivity index (χ3v) is 4.50. The third-order valence-electron chi connectivity index (χ3n) is 4.50. The molecule has 0 atom stereocenters. The van der Waals surface area contributed by atoms with Crippen LogP contribution in [0.3, 0.4) is 0 Å². The maximum Gasteiger partial charge on any atom is 0.247 e. The molecule has 2 amide bonds. The third kappa shape index (κ3) is 5.99. The van der Waals surface area contributed by atoms with Gasteiger partial charge in [0.1, 0.15) is 23.8 Å². The molecule has 0 radical (unpaired) electrons. The Bertz CT molecular complexity index is 1040. The molecule has 0 spiro atoms. The quantitative estimate of drug-likeness (QED) is 0.530. The number of anilines is 1. The second kappa shape index (κ2) is 10.7. The van der Waals surface area contributed by atoms with Crippen LogP contribution < -0.4 is 14.8 Å². The van der Waals surface area contributed by atoms with E-state index in [1.54, 1.807) is 43.5 Å². The molecule has 0 aliphatic rings. The van der Waals surface area contributed by atoms with Gasteiger partial charge in [-0.25, -0.2) is 0 Å². The van der Waals surface area contributed by atoms with Gasteiger partial charge in [0.2, 0.25) is 11.8 Å². The lowest BCUT2D eigenvalue weighted by Crippen LogP contribution is -2.36. The van der Waals surface area contributed by atoms with Gasteiger partial charge in [0.05, 0.1) is 32.7 Å². The summed E-state index contributed by atoms with van der Waals surface area (Å²) in [5.41, 5.74) is 1.29. The number of nitrogens with one attached hydrogen (secondary N) is 1. The fraction of sp³-hybridized carbons (Fsp3) is 0.167. The summed E-state index contributed by atoms with van der Waals surface area (Å²) in [6.07, 6.45) is 4.60. The van der Waals surface area contributed by atoms with E-state index >= 15 is 0 Å². The number of carbonyl (C=O) groups excluding carboxylic acids is 2. The molecule has 0 aliphatic heterocycles. The zero-order chi connectivity index (χ0) is 22.1. The monoisotopic (exact) mass is 420 g/mol. The fourth-order valence-corrected chi connectivity index (χ4v) is 2.98. The molecule has 0 bridgehead atoms. The number of nitrogens with zero attached hydrogens (tertiary/aromatic N) is 1. The average molecular weight is 420 g/mol. The van der Waals surface area contributed by atoms with Crippen LogP contribution in [0, 0.1) is 0 Å². The Kier molecular flexibility index (Phi) is 7.48. The summed E-state index contributed by atoms with van der Waals surface area (Å²) >= 11 is 0. The topological polar surface area (TPSA) is 81.0 Å². The molecule has 2 aromatic carbocycles. The summed E-state index contributed by atoms with van der Waals surface area (Å²) < 4.78 is 15.9. The molecule has 3 aromatic rings. The number of rotatable bonds is 9. The Balaban J connectivity index is 1.75. The van der Waals surface area contributed by atoms with Gasteiger partial charge in [-0.05, 0) is 36.4 Å². The van der Waals surface area contributed by atoms with Crippen LogP contribution >= 0.6 is 0 Å². The maximum atomic E-state index is 12.9. The van der Waals surface area contributed by atoms with Crippen LogP contribution in [0.5, 0.6) is 11.5 Å². The zero-order valence-corrected chi connectivity index (χ0v) is 17.4. The van der Waals surface area contributed by atoms with E-state index < -0.39 is 0 Å². The van der Waals surface area contributed by atoms with E-state index in [1.807, 2.05) is 30.3 Å². The van der Waals surface area contributed by atoms with E-state index in [-0.39, 0.29) is 24.9 Å². The molecular weight excluding hydrogens is 396 g/mol. The van der Waals surface area contributed by atoms with Crippen molar-refractivity contribution >= 4 is 23.6 Å². The first-order chi connectivity index (χ1) is 15.1. The highest BCUT2D eigenvalue weighted by molar-refractivity contribution is 5.98. The first kappa shape index (κ1) is 21.7. The Morgan fingerprint density at radius 2 is 1.68 bits per heavy atom. The Hall–Kier alpha value is -4.00. The van der Waals surface area contributed by atoms with Gasteiger partial charge >= 0.3 is 0 Å². The van der Waals surface area contributed by atoms with Crippen LogP contribution in [-0.2, 0) is 16.1 Å². The van der Waals surface area contributed by atoms with Crippen molar-refractivity contribution in [1.82, 2.24) is 4.90 Å². The minimum atomic E-state index is -0.352. The van der Waals surface area contributed by atoms with E-state index in [2.05, 4.69) is 5.32 Å². The predicted octanol–water partition coefficient (Wildman–Crippen LogP) is 3.98. The molecule has 1 aromatic heterocycles. The number of furan rings is 1.